The van der Waals surface area contributed by atoms with Crippen molar-refractivity contribution in [3.63, 3.8) is 0 Å². The molecule has 1 unspecified atom stereocenters. The summed E-state index contributed by atoms with van der Waals surface area (Å²) in [6.45, 7) is 6.28. The molecule has 0 bridgehead atoms. The molecule has 0 aromatic rings. The third-order valence-electron chi connectivity index (χ3n) is 10.9. The smallest absolute Gasteiger partial charge is 0.306 e. The van der Waals surface area contributed by atoms with Crippen molar-refractivity contribution in [2.24, 2.45) is 0 Å². The molecule has 0 saturated heterocycles. The minimum atomic E-state index is -0.807. The van der Waals surface area contributed by atoms with Gasteiger partial charge in [0.15, 0.2) is 6.10 Å². The fourth-order valence-corrected chi connectivity index (χ4v) is 6.89. The van der Waals surface area contributed by atoms with Crippen LogP contribution < -0.4 is 0 Å². The Labute approximate surface area is 417 Å². The summed E-state index contributed by atoms with van der Waals surface area (Å²) in [6, 6.07) is 0. The number of rotatable bonds is 47. The van der Waals surface area contributed by atoms with Gasteiger partial charge in [0, 0.05) is 19.3 Å². The van der Waals surface area contributed by atoms with E-state index < -0.39 is 6.10 Å². The molecule has 0 aliphatic rings. The molecule has 1 atom stereocenters. The Morgan fingerprint density at radius 3 is 0.956 bits per heavy atom. The highest BCUT2D eigenvalue weighted by Crippen LogP contribution is 2.13. The van der Waals surface area contributed by atoms with E-state index in [-0.39, 0.29) is 37.5 Å². The fraction of sp³-hybridized carbons (Fsp3) is 0.597. The van der Waals surface area contributed by atoms with Gasteiger partial charge in [-0.05, 0) is 109 Å². The van der Waals surface area contributed by atoms with E-state index >= 15 is 0 Å². The predicted molar refractivity (Wildman–Crippen MR) is 292 cm³/mol. The van der Waals surface area contributed by atoms with E-state index in [4.69, 9.17) is 14.2 Å². The Hall–Kier alpha value is -4.45. The maximum atomic E-state index is 12.8. The lowest BCUT2D eigenvalue weighted by Crippen LogP contribution is -2.30. The lowest BCUT2D eigenvalue weighted by Gasteiger charge is -2.18. The molecule has 0 aliphatic carbocycles. The molecule has 0 aromatic carbocycles. The van der Waals surface area contributed by atoms with E-state index in [1.807, 2.05) is 0 Å². The number of unbranched alkanes of at least 4 members (excludes halogenated alkanes) is 14. The summed E-state index contributed by atoms with van der Waals surface area (Å²) in [7, 11) is 0. The van der Waals surface area contributed by atoms with Gasteiger partial charge in [-0.15, -0.1) is 0 Å². The van der Waals surface area contributed by atoms with Crippen molar-refractivity contribution in [2.75, 3.05) is 13.2 Å². The first-order valence-corrected chi connectivity index (χ1v) is 27.2. The van der Waals surface area contributed by atoms with Crippen LogP contribution in [-0.4, -0.2) is 37.2 Å². The number of carbonyl (C=O) groups is 3. The van der Waals surface area contributed by atoms with Crippen molar-refractivity contribution in [2.45, 2.75) is 226 Å². The molecule has 382 valence electrons. The first-order valence-electron chi connectivity index (χ1n) is 27.2. The van der Waals surface area contributed by atoms with Gasteiger partial charge < -0.3 is 14.2 Å². The first-order chi connectivity index (χ1) is 33.5. The third kappa shape index (κ3) is 52.5. The van der Waals surface area contributed by atoms with Crippen molar-refractivity contribution < 1.29 is 28.6 Å². The Kier molecular flexibility index (Phi) is 51.5. The Morgan fingerprint density at radius 1 is 0.309 bits per heavy atom. The molecular weight excluding hydrogens is 841 g/mol. The van der Waals surface area contributed by atoms with Crippen molar-refractivity contribution in [1.29, 1.82) is 0 Å². The van der Waals surface area contributed by atoms with Crippen LogP contribution >= 0.6 is 0 Å². The van der Waals surface area contributed by atoms with Gasteiger partial charge in [0.05, 0.1) is 0 Å². The number of allylic oxidation sites excluding steroid dienone is 22. The number of hydrogen-bond donors (Lipinski definition) is 0. The molecule has 0 N–H and O–H groups in total. The zero-order valence-electron chi connectivity index (χ0n) is 43.6. The average molecular weight is 939 g/mol. The van der Waals surface area contributed by atoms with E-state index in [0.717, 1.165) is 122 Å². The van der Waals surface area contributed by atoms with Gasteiger partial charge in [0.1, 0.15) is 13.2 Å². The second-order valence-corrected chi connectivity index (χ2v) is 17.4. The van der Waals surface area contributed by atoms with Crippen LogP contribution in [0.2, 0.25) is 0 Å². The minimum absolute atomic E-state index is 0.104. The van der Waals surface area contributed by atoms with Crippen molar-refractivity contribution in [3.05, 3.63) is 134 Å². The average Bonchev–Trinajstić information content (AvgIpc) is 3.34. The van der Waals surface area contributed by atoms with Gasteiger partial charge in [-0.3, -0.25) is 14.4 Å². The van der Waals surface area contributed by atoms with E-state index in [0.29, 0.717) is 19.3 Å². The molecule has 68 heavy (non-hydrogen) atoms. The predicted octanol–water partition coefficient (Wildman–Crippen LogP) is 18.3. The van der Waals surface area contributed by atoms with Gasteiger partial charge in [0.25, 0.3) is 0 Å². The Bertz CT molecular complexity index is 1500. The molecule has 0 radical (unpaired) electrons. The summed E-state index contributed by atoms with van der Waals surface area (Å²) in [6.07, 6.45) is 77.6. The van der Waals surface area contributed by atoms with Gasteiger partial charge in [-0.2, -0.15) is 0 Å². The Morgan fingerprint density at radius 2 is 0.588 bits per heavy atom. The normalized spacial score (nSPS) is 13.2. The molecule has 0 spiro atoms. The highest BCUT2D eigenvalue weighted by molar-refractivity contribution is 5.71. The first kappa shape index (κ1) is 63.5. The highest BCUT2D eigenvalue weighted by Gasteiger charge is 2.19. The summed E-state index contributed by atoms with van der Waals surface area (Å²) in [5.41, 5.74) is 0. The van der Waals surface area contributed by atoms with Crippen LogP contribution in [0.5, 0.6) is 0 Å². The van der Waals surface area contributed by atoms with E-state index in [1.165, 1.54) is 51.4 Å². The summed E-state index contributed by atoms with van der Waals surface area (Å²) in [5, 5.41) is 0. The molecule has 6 nitrogen and oxygen atoms in total. The lowest BCUT2D eigenvalue weighted by atomic mass is 10.1. The second kappa shape index (κ2) is 55.1. The number of hydrogen-bond acceptors (Lipinski definition) is 6. The zero-order chi connectivity index (χ0) is 49.3. The second-order valence-electron chi connectivity index (χ2n) is 17.4. The zero-order valence-corrected chi connectivity index (χ0v) is 43.6. The van der Waals surface area contributed by atoms with E-state index in [2.05, 4.69) is 154 Å². The molecular formula is C62H98O6. The van der Waals surface area contributed by atoms with Gasteiger partial charge >= 0.3 is 17.9 Å². The maximum Gasteiger partial charge on any atom is 0.306 e. The maximum absolute atomic E-state index is 12.8. The highest BCUT2D eigenvalue weighted by atomic mass is 16.6. The fourth-order valence-electron chi connectivity index (χ4n) is 6.89. The summed E-state index contributed by atoms with van der Waals surface area (Å²) < 4.78 is 16.7. The van der Waals surface area contributed by atoms with E-state index in [9.17, 15) is 14.4 Å². The molecule has 0 saturated carbocycles. The van der Waals surface area contributed by atoms with Crippen molar-refractivity contribution >= 4 is 17.9 Å². The molecule has 0 rings (SSSR count). The largest absolute Gasteiger partial charge is 0.462 e. The van der Waals surface area contributed by atoms with Crippen LogP contribution in [0.3, 0.4) is 0 Å². The van der Waals surface area contributed by atoms with E-state index in [1.54, 1.807) is 0 Å². The van der Waals surface area contributed by atoms with Crippen molar-refractivity contribution in [1.82, 2.24) is 0 Å². The minimum Gasteiger partial charge on any atom is -0.462 e. The molecule has 0 aromatic heterocycles. The quantitative estimate of drug-likeness (QED) is 0.0262. The Balaban J connectivity index is 4.33. The van der Waals surface area contributed by atoms with Crippen LogP contribution in [0.4, 0.5) is 0 Å². The van der Waals surface area contributed by atoms with Crippen LogP contribution in [0.25, 0.3) is 0 Å². The lowest BCUT2D eigenvalue weighted by molar-refractivity contribution is -0.167. The SMILES string of the molecule is CC/C=C\C/C=C\C/C=C\C/C=C\C/C=C\C/C=C\C/C=C\CCCC(=O)OCC(COC(=O)CCCCCCCC)OC(=O)CCCCCCCCCC/C=C\C/C=C\C/C=C\C/C=C\CC. The van der Waals surface area contributed by atoms with Crippen LogP contribution in [0, 0.1) is 0 Å². The monoisotopic (exact) mass is 939 g/mol. The summed E-state index contributed by atoms with van der Waals surface area (Å²) in [5.74, 6) is -0.992. The van der Waals surface area contributed by atoms with Gasteiger partial charge in [0.2, 0.25) is 0 Å². The third-order valence-corrected chi connectivity index (χ3v) is 10.9. The molecule has 0 heterocycles. The molecule has 6 heteroatoms. The molecule has 0 aliphatic heterocycles. The standard InChI is InChI=1S/C62H98O6/c1-4-7-10-13-16-18-20-22-24-26-28-30-31-33-34-36-38-40-42-44-46-49-52-55-61(64)67-58-59(57-66-60(63)54-51-48-15-12-9-6-3)68-62(65)56-53-50-47-45-43-41-39-37-35-32-29-27-25-23-21-19-17-14-11-8-5-2/h7-8,10-11,16-19,22-25,28-30,32-34,38,40,44,46,59H,4-6,9,12-15,20-21,26-27,31,35-37,39,41-43,45,47-58H2,1-3H3/b10-7-,11-8-,18-16-,19-17-,24-22-,25-23-,30-28-,32-29-,34-33-,40-38-,46-44-. The number of carbonyl (C=O) groups excluding carboxylic acids is 3. The summed E-state index contributed by atoms with van der Waals surface area (Å²) >= 11 is 0. The number of esters is 3. The molecule has 0 fully saturated rings. The van der Waals surface area contributed by atoms with Gasteiger partial charge in [-0.25, -0.2) is 0 Å². The molecule has 0 amide bonds. The number of ether oxygens (including phenoxy) is 3. The van der Waals surface area contributed by atoms with Gasteiger partial charge in [-0.1, -0.05) is 225 Å². The topological polar surface area (TPSA) is 78.9 Å². The summed E-state index contributed by atoms with van der Waals surface area (Å²) in [4.78, 5) is 37.8. The van der Waals surface area contributed by atoms with Crippen LogP contribution in [0.15, 0.2) is 134 Å². The van der Waals surface area contributed by atoms with Crippen LogP contribution in [-0.2, 0) is 28.6 Å². The van der Waals surface area contributed by atoms with Crippen molar-refractivity contribution in [3.8, 4) is 0 Å². The van der Waals surface area contributed by atoms with Crippen LogP contribution in [0.1, 0.15) is 220 Å².